The Kier molecular flexibility index (Phi) is 3.62. The van der Waals surface area contributed by atoms with Gasteiger partial charge >= 0.3 is 0 Å². The van der Waals surface area contributed by atoms with Gasteiger partial charge in [-0.05, 0) is 62.0 Å². The molecule has 1 aromatic carbocycles. The molecule has 0 bridgehead atoms. The van der Waals surface area contributed by atoms with Gasteiger partial charge < -0.3 is 14.6 Å². The molecule has 4 atom stereocenters. The summed E-state index contributed by atoms with van der Waals surface area (Å²) < 4.78 is 12.5. The summed E-state index contributed by atoms with van der Waals surface area (Å²) in [4.78, 5) is 0. The van der Waals surface area contributed by atoms with Crippen LogP contribution in [0.1, 0.15) is 65.4 Å². The Bertz CT molecular complexity index is 695. The molecule has 0 radical (unpaired) electrons. The Morgan fingerprint density at radius 2 is 1.92 bits per heavy atom. The highest BCUT2D eigenvalue weighted by atomic mass is 16.5. The van der Waals surface area contributed by atoms with Crippen molar-refractivity contribution < 1.29 is 14.6 Å². The standard InChI is InChI=1S/C22H32O3/c1-14-7-10-18-20(2,3)11-6-12-22(18)21(14,4)13-15-17(24-5)9-8-16(23)19(15)25-22/h8-9,14,18,23H,6-7,10-13H2,1-5H3. The van der Waals surface area contributed by atoms with Crippen molar-refractivity contribution in [2.45, 2.75) is 71.8 Å². The van der Waals surface area contributed by atoms with Crippen LogP contribution in [0, 0.1) is 22.7 Å². The van der Waals surface area contributed by atoms with Gasteiger partial charge in [-0.1, -0.05) is 27.7 Å². The third-order valence-electron chi connectivity index (χ3n) is 8.06. The van der Waals surface area contributed by atoms with E-state index in [1.807, 2.05) is 6.07 Å². The molecule has 1 heterocycles. The number of ether oxygens (including phenoxy) is 2. The van der Waals surface area contributed by atoms with Crippen LogP contribution in [-0.2, 0) is 6.42 Å². The van der Waals surface area contributed by atoms with Crippen LogP contribution in [0.5, 0.6) is 17.2 Å². The minimum Gasteiger partial charge on any atom is -0.504 e. The number of aromatic hydroxyl groups is 1. The Morgan fingerprint density at radius 1 is 1.16 bits per heavy atom. The third kappa shape index (κ3) is 2.10. The number of fused-ring (bicyclic) bond motifs is 1. The molecule has 1 spiro atoms. The van der Waals surface area contributed by atoms with Crippen LogP contribution in [0.2, 0.25) is 0 Å². The number of benzene rings is 1. The number of hydrogen-bond acceptors (Lipinski definition) is 3. The number of phenols is 1. The summed E-state index contributed by atoms with van der Waals surface area (Å²) in [5.74, 6) is 2.90. The lowest BCUT2D eigenvalue weighted by atomic mass is 9.44. The van der Waals surface area contributed by atoms with Crippen molar-refractivity contribution in [1.82, 2.24) is 0 Å². The SMILES string of the molecule is COc1ccc(O)c2c1CC1(C)C(C)CCC3C(C)(C)CCCC31O2. The monoisotopic (exact) mass is 344 g/mol. The first-order valence-electron chi connectivity index (χ1n) is 9.83. The molecule has 0 saturated heterocycles. The maximum atomic E-state index is 10.6. The van der Waals surface area contributed by atoms with E-state index in [0.717, 1.165) is 24.2 Å². The summed E-state index contributed by atoms with van der Waals surface area (Å²) in [6.45, 7) is 9.65. The Balaban J connectivity index is 1.92. The molecule has 1 N–H and O–H groups in total. The van der Waals surface area contributed by atoms with Crippen LogP contribution < -0.4 is 9.47 Å². The molecule has 4 unspecified atom stereocenters. The van der Waals surface area contributed by atoms with E-state index in [0.29, 0.717) is 17.6 Å². The van der Waals surface area contributed by atoms with Gasteiger partial charge in [0, 0.05) is 16.9 Å². The molecular formula is C22H32O3. The molecule has 0 amide bonds. The summed E-state index contributed by atoms with van der Waals surface area (Å²) in [7, 11) is 1.70. The summed E-state index contributed by atoms with van der Waals surface area (Å²) in [6, 6.07) is 3.58. The molecule has 1 aliphatic heterocycles. The minimum atomic E-state index is -0.177. The van der Waals surface area contributed by atoms with Crippen molar-refractivity contribution in [3.8, 4) is 17.2 Å². The minimum absolute atomic E-state index is 0.0711. The molecule has 1 aromatic rings. The fourth-order valence-corrected chi connectivity index (χ4v) is 6.43. The molecule has 2 aliphatic carbocycles. The topological polar surface area (TPSA) is 38.7 Å². The van der Waals surface area contributed by atoms with E-state index in [2.05, 4.69) is 27.7 Å². The zero-order chi connectivity index (χ0) is 18.0. The van der Waals surface area contributed by atoms with Crippen LogP contribution in [0.25, 0.3) is 0 Å². The average molecular weight is 344 g/mol. The van der Waals surface area contributed by atoms with E-state index in [1.165, 1.54) is 25.7 Å². The van der Waals surface area contributed by atoms with Gasteiger partial charge in [0.1, 0.15) is 11.4 Å². The van der Waals surface area contributed by atoms with E-state index in [1.54, 1.807) is 13.2 Å². The normalized spacial score (nSPS) is 38.8. The molecule has 0 aromatic heterocycles. The summed E-state index contributed by atoms with van der Waals surface area (Å²) in [6.07, 6.45) is 6.97. The van der Waals surface area contributed by atoms with Gasteiger partial charge in [0.05, 0.1) is 7.11 Å². The van der Waals surface area contributed by atoms with Gasteiger partial charge in [-0.2, -0.15) is 0 Å². The van der Waals surface area contributed by atoms with E-state index < -0.39 is 0 Å². The first-order chi connectivity index (χ1) is 11.7. The lowest BCUT2D eigenvalue weighted by molar-refractivity contribution is -0.211. The molecular weight excluding hydrogens is 312 g/mol. The Labute approximate surface area is 151 Å². The molecule has 2 saturated carbocycles. The zero-order valence-corrected chi connectivity index (χ0v) is 16.3. The smallest absolute Gasteiger partial charge is 0.168 e. The molecule has 3 heteroatoms. The second-order valence-electron chi connectivity index (χ2n) is 9.55. The Hall–Kier alpha value is -1.38. The van der Waals surface area contributed by atoms with Gasteiger partial charge in [0.25, 0.3) is 0 Å². The van der Waals surface area contributed by atoms with Crippen LogP contribution >= 0.6 is 0 Å². The number of phenolic OH excluding ortho intramolecular Hbond substituents is 1. The van der Waals surface area contributed by atoms with E-state index in [-0.39, 0.29) is 22.2 Å². The van der Waals surface area contributed by atoms with Crippen molar-refractivity contribution in [3.05, 3.63) is 17.7 Å². The summed E-state index contributed by atoms with van der Waals surface area (Å²) in [5.41, 5.74) is 1.22. The molecule has 138 valence electrons. The highest BCUT2D eigenvalue weighted by molar-refractivity contribution is 5.56. The maximum absolute atomic E-state index is 10.6. The number of methoxy groups -OCH3 is 1. The van der Waals surface area contributed by atoms with Crippen molar-refractivity contribution in [2.24, 2.45) is 22.7 Å². The van der Waals surface area contributed by atoms with E-state index in [9.17, 15) is 5.11 Å². The van der Waals surface area contributed by atoms with Crippen LogP contribution in [0.15, 0.2) is 12.1 Å². The molecule has 2 fully saturated rings. The second kappa shape index (κ2) is 5.31. The molecule has 4 rings (SSSR count). The fourth-order valence-electron chi connectivity index (χ4n) is 6.43. The molecule has 25 heavy (non-hydrogen) atoms. The second-order valence-corrected chi connectivity index (χ2v) is 9.55. The maximum Gasteiger partial charge on any atom is 0.168 e. The van der Waals surface area contributed by atoms with E-state index in [4.69, 9.17) is 9.47 Å². The summed E-state index contributed by atoms with van der Waals surface area (Å²) >= 11 is 0. The molecule has 3 aliphatic rings. The number of hydrogen-bond donors (Lipinski definition) is 1. The zero-order valence-electron chi connectivity index (χ0n) is 16.3. The van der Waals surface area contributed by atoms with Gasteiger partial charge in [0.15, 0.2) is 11.5 Å². The van der Waals surface area contributed by atoms with Crippen LogP contribution in [-0.4, -0.2) is 17.8 Å². The lowest BCUT2D eigenvalue weighted by Crippen LogP contribution is -2.68. The van der Waals surface area contributed by atoms with Gasteiger partial charge in [-0.25, -0.2) is 0 Å². The van der Waals surface area contributed by atoms with Gasteiger partial charge in [-0.3, -0.25) is 0 Å². The quantitative estimate of drug-likeness (QED) is 0.747. The first kappa shape index (κ1) is 17.1. The van der Waals surface area contributed by atoms with E-state index >= 15 is 0 Å². The fraction of sp³-hybridized carbons (Fsp3) is 0.727. The highest BCUT2D eigenvalue weighted by Gasteiger charge is 2.66. The van der Waals surface area contributed by atoms with Crippen molar-refractivity contribution >= 4 is 0 Å². The average Bonchev–Trinajstić information content (AvgIpc) is 2.55. The van der Waals surface area contributed by atoms with Crippen molar-refractivity contribution in [1.29, 1.82) is 0 Å². The van der Waals surface area contributed by atoms with Crippen molar-refractivity contribution in [2.75, 3.05) is 7.11 Å². The largest absolute Gasteiger partial charge is 0.504 e. The predicted molar refractivity (Wildman–Crippen MR) is 99.3 cm³/mol. The number of rotatable bonds is 1. The van der Waals surface area contributed by atoms with Crippen LogP contribution in [0.4, 0.5) is 0 Å². The van der Waals surface area contributed by atoms with Crippen LogP contribution in [0.3, 0.4) is 0 Å². The predicted octanol–water partition coefficient (Wildman–Crippen LogP) is 5.34. The summed E-state index contributed by atoms with van der Waals surface area (Å²) in [5, 5.41) is 10.6. The molecule has 3 nitrogen and oxygen atoms in total. The lowest BCUT2D eigenvalue weighted by Gasteiger charge is -2.66. The van der Waals surface area contributed by atoms with Gasteiger partial charge in [-0.15, -0.1) is 0 Å². The Morgan fingerprint density at radius 3 is 2.64 bits per heavy atom. The van der Waals surface area contributed by atoms with Crippen molar-refractivity contribution in [3.63, 3.8) is 0 Å². The van der Waals surface area contributed by atoms with Gasteiger partial charge in [0.2, 0.25) is 0 Å². The highest BCUT2D eigenvalue weighted by Crippen LogP contribution is 2.67. The first-order valence-corrected chi connectivity index (χ1v) is 9.83. The third-order valence-corrected chi connectivity index (χ3v) is 8.06.